The molecular formula is C113H138N16O15. The van der Waals surface area contributed by atoms with Gasteiger partial charge in [0, 0.05) is 88.5 Å². The normalized spacial score (nSPS) is 26.5. The molecule has 8 aromatic carbocycles. The third kappa shape index (κ3) is 19.4. The molecule has 31 nitrogen and oxygen atoms in total. The summed E-state index contributed by atoms with van der Waals surface area (Å²) < 4.78 is 17.2. The van der Waals surface area contributed by atoms with Crippen molar-refractivity contribution in [2.24, 2.45) is 42.9 Å². The van der Waals surface area contributed by atoms with Crippen LogP contribution in [-0.2, 0) is 65.5 Å². The van der Waals surface area contributed by atoms with E-state index in [0.29, 0.717) is 92.9 Å². The van der Waals surface area contributed by atoms with Crippen LogP contribution in [0, 0.1) is 0 Å². The SMILES string of the molecule is CCC1(CC)CC(=O)N([C@@H]2CCCc3ccc(C(=O)N[C@@H]4c5ccccc5C[C@@]4(C)O)cc32)C(N)=N1.CCC1(CC)CC(=O)N([C@@H]2C[C@@H](OC)c3ccc(C(=O)N[C@@H]4c5ccccc5C[C@H]4O)cc32)C(N)=N1.CCC1(CC)CC(=O)N([C@@H]2C[C@H](OC)c3ccc(C(=O)N[C@@H]4c5ccccc5C[C@H]4O)cc32)C(N)=N1.CCC1(CC)CC(=O)N([C@H]2C[C@@H](OC)c3ccc(C(=O)N[C@@H]4c5ccccc5C[C@H]4O)cc32)C(N)=N1. The van der Waals surface area contributed by atoms with E-state index in [4.69, 9.17) is 57.1 Å². The first-order valence-electron chi connectivity index (χ1n) is 51.2. The zero-order valence-electron chi connectivity index (χ0n) is 84.5. The van der Waals surface area contributed by atoms with E-state index >= 15 is 0 Å². The zero-order valence-corrected chi connectivity index (χ0v) is 84.5. The van der Waals surface area contributed by atoms with E-state index in [0.717, 1.165) is 160 Å². The number of amides is 8. The van der Waals surface area contributed by atoms with Gasteiger partial charge in [0.1, 0.15) is 0 Å². The number of fused-ring (bicyclic) bond motifs is 8. The number of carbonyl (C=O) groups is 8. The second-order valence-electron chi connectivity index (χ2n) is 41.1. The number of aryl methyl sites for hydroxylation is 1. The van der Waals surface area contributed by atoms with Gasteiger partial charge >= 0.3 is 0 Å². The van der Waals surface area contributed by atoms with Crippen LogP contribution in [0.4, 0.5) is 0 Å². The molecule has 760 valence electrons. The van der Waals surface area contributed by atoms with Crippen LogP contribution in [0.5, 0.6) is 0 Å². The maximum absolute atomic E-state index is 13.4. The van der Waals surface area contributed by atoms with Gasteiger partial charge in [-0.1, -0.05) is 177 Å². The molecule has 15 atom stereocenters. The molecule has 0 aromatic heterocycles. The second-order valence-corrected chi connectivity index (χ2v) is 41.1. The molecule has 0 unspecified atom stereocenters. The topological polar surface area (TPSA) is 460 Å². The number of aliphatic hydroxyl groups excluding tert-OH is 3. The quantitative estimate of drug-likeness (QED) is 0.0283. The van der Waals surface area contributed by atoms with Crippen molar-refractivity contribution in [3.8, 4) is 0 Å². The Balaban J connectivity index is 0.000000132. The summed E-state index contributed by atoms with van der Waals surface area (Å²) in [6.45, 7) is 18.0. The van der Waals surface area contributed by atoms with Crippen molar-refractivity contribution in [2.75, 3.05) is 21.3 Å². The van der Waals surface area contributed by atoms with Crippen LogP contribution >= 0.6 is 0 Å². The van der Waals surface area contributed by atoms with Crippen molar-refractivity contribution < 1.29 is 73.0 Å². The Morgan fingerprint density at radius 3 is 0.931 bits per heavy atom. The molecule has 0 bridgehead atoms. The van der Waals surface area contributed by atoms with Crippen LogP contribution in [-0.4, -0.2) is 179 Å². The molecule has 12 aliphatic rings. The van der Waals surface area contributed by atoms with E-state index in [-0.39, 0.29) is 114 Å². The van der Waals surface area contributed by atoms with Crippen molar-refractivity contribution in [2.45, 2.75) is 316 Å². The number of hydrogen-bond donors (Lipinski definition) is 12. The molecule has 8 aliphatic carbocycles. The first-order valence-corrected chi connectivity index (χ1v) is 51.2. The molecule has 20 rings (SSSR count). The zero-order chi connectivity index (χ0) is 103. The van der Waals surface area contributed by atoms with Crippen LogP contribution in [0.15, 0.2) is 190 Å². The lowest BCUT2D eigenvalue weighted by atomic mass is 9.83. The third-order valence-corrected chi connectivity index (χ3v) is 33.2. The molecule has 0 fully saturated rings. The maximum atomic E-state index is 13.4. The van der Waals surface area contributed by atoms with Gasteiger partial charge in [0.2, 0.25) is 23.6 Å². The smallest absolute Gasteiger partial charge is 0.251 e. The molecule has 144 heavy (non-hydrogen) atoms. The lowest BCUT2D eigenvalue weighted by Crippen LogP contribution is -2.53. The van der Waals surface area contributed by atoms with Gasteiger partial charge in [-0.05, 0) is 215 Å². The van der Waals surface area contributed by atoms with E-state index in [1.54, 1.807) is 66.1 Å². The van der Waals surface area contributed by atoms with Gasteiger partial charge < -0.3 is 78.8 Å². The van der Waals surface area contributed by atoms with Gasteiger partial charge in [-0.15, -0.1) is 0 Å². The maximum Gasteiger partial charge on any atom is 0.251 e. The number of aliphatic imine (C=N–C) groups is 4. The summed E-state index contributed by atoms with van der Waals surface area (Å²) in [5.41, 5.74) is 40.0. The van der Waals surface area contributed by atoms with E-state index in [1.165, 1.54) is 0 Å². The Hall–Kier alpha value is -12.9. The average molecular weight is 1960 g/mol. The minimum atomic E-state index is -1.06. The highest BCUT2D eigenvalue weighted by atomic mass is 16.5. The molecule has 8 aromatic rings. The number of hydrogen-bond acceptors (Lipinski definition) is 23. The molecule has 0 saturated carbocycles. The Morgan fingerprint density at radius 2 is 0.625 bits per heavy atom. The fraction of sp³-hybridized carbons (Fsp3) is 0.469. The van der Waals surface area contributed by atoms with Gasteiger partial charge in [-0.2, -0.15) is 0 Å². The number of ether oxygens (including phenoxy) is 3. The minimum Gasteiger partial charge on any atom is -0.390 e. The lowest BCUT2D eigenvalue weighted by molar-refractivity contribution is -0.132. The molecule has 16 N–H and O–H groups in total. The molecule has 8 amide bonds. The number of rotatable bonds is 23. The van der Waals surface area contributed by atoms with Crippen LogP contribution in [0.25, 0.3) is 0 Å². The van der Waals surface area contributed by atoms with Crippen molar-refractivity contribution in [1.29, 1.82) is 0 Å². The summed E-state index contributed by atoms with van der Waals surface area (Å²) in [4.78, 5) is 132. The highest BCUT2D eigenvalue weighted by Crippen LogP contribution is 2.52. The largest absolute Gasteiger partial charge is 0.390 e. The first-order chi connectivity index (χ1) is 69.1. The van der Waals surface area contributed by atoms with Crippen molar-refractivity contribution >= 4 is 71.1 Å². The monoisotopic (exact) mass is 1960 g/mol. The number of nitrogens with one attached hydrogen (secondary N) is 4. The highest BCUT2D eigenvalue weighted by Gasteiger charge is 2.52. The number of nitrogens with two attached hydrogens (primary N) is 4. The standard InChI is InChI=1S/C29H36N4O3.3C28H34N4O4/c1-4-29(5-2)17-24(34)33(27(30)32-29)23-12-8-10-18-13-14-19(15-22(18)23)26(35)31-25-21-11-7-6-9-20(21)16-28(25,3)36;3*1-4-28(5-2)15-24(34)32(27(29)31-28)21-14-23(36-3)19-11-10-17(12-20(19)21)26(35)30-25-18-9-7-6-8-16(18)13-22(25)33/h6-7,9,11,13-15,23,25,36H,4-5,8,10,12,16-17H2,1-3H3,(H2,30,32)(H,31,35);3*6-12,21-23,25,33H,4-5,13-15H2,1-3H3,(H2,29,31)(H,30,35)/t23-,25-,28-;21-,22+,23+,25+;21-,22-,23+,25-;21-,22-,23-,25-/m1011/s1. The molecule has 31 heteroatoms. The van der Waals surface area contributed by atoms with E-state index in [2.05, 4.69) is 21.3 Å². The molecule has 4 heterocycles. The average Bonchev–Trinajstić information content (AvgIpc) is 1.47. The van der Waals surface area contributed by atoms with Gasteiger partial charge in [0.25, 0.3) is 23.6 Å². The predicted molar refractivity (Wildman–Crippen MR) is 548 cm³/mol. The van der Waals surface area contributed by atoms with Gasteiger partial charge in [-0.25, -0.2) is 20.0 Å². The van der Waals surface area contributed by atoms with Crippen molar-refractivity contribution in [1.82, 2.24) is 40.9 Å². The number of carbonyl (C=O) groups excluding carboxylic acids is 8. The number of aliphatic hydroxyl groups is 4. The van der Waals surface area contributed by atoms with Gasteiger partial charge in [-0.3, -0.25) is 58.0 Å². The molecule has 0 spiro atoms. The lowest BCUT2D eigenvalue weighted by Gasteiger charge is -2.41. The summed E-state index contributed by atoms with van der Waals surface area (Å²) >= 11 is 0. The summed E-state index contributed by atoms with van der Waals surface area (Å²) in [5, 5.41) is 54.9. The summed E-state index contributed by atoms with van der Waals surface area (Å²) in [6, 6.07) is 50.1. The van der Waals surface area contributed by atoms with Crippen molar-refractivity contribution in [3.63, 3.8) is 0 Å². The number of guanidine groups is 4. The fourth-order valence-electron chi connectivity index (χ4n) is 24.3. The van der Waals surface area contributed by atoms with Crippen LogP contribution in [0.2, 0.25) is 0 Å². The molecule has 0 radical (unpaired) electrons. The summed E-state index contributed by atoms with van der Waals surface area (Å²) in [6.07, 6.45) is 10.9. The summed E-state index contributed by atoms with van der Waals surface area (Å²) in [5.74, 6) is -0.291. The van der Waals surface area contributed by atoms with Gasteiger partial charge in [0.15, 0.2) is 23.8 Å². The first kappa shape index (κ1) is 103. The number of methoxy groups -OCH3 is 3. The van der Waals surface area contributed by atoms with Gasteiger partial charge in [0.05, 0.1) is 138 Å². The fourth-order valence-corrected chi connectivity index (χ4v) is 24.3. The van der Waals surface area contributed by atoms with E-state index in [9.17, 15) is 58.8 Å². The third-order valence-electron chi connectivity index (χ3n) is 33.2. The van der Waals surface area contributed by atoms with E-state index < -0.39 is 70.2 Å². The Kier molecular flexibility index (Phi) is 29.7. The van der Waals surface area contributed by atoms with Crippen molar-refractivity contribution in [3.05, 3.63) is 281 Å². The molecule has 4 aliphatic heterocycles. The minimum absolute atomic E-state index is 0.00230. The van der Waals surface area contributed by atoms with Crippen LogP contribution in [0.3, 0.4) is 0 Å². The molecular weight excluding hydrogens is 1820 g/mol. The van der Waals surface area contributed by atoms with E-state index in [1.807, 2.05) is 207 Å². The second kappa shape index (κ2) is 41.7. The Labute approximate surface area is 841 Å². The summed E-state index contributed by atoms with van der Waals surface area (Å²) in [7, 11) is 4.93. The Bertz CT molecular complexity index is 5960. The highest BCUT2D eigenvalue weighted by molar-refractivity contribution is 6.04. The number of nitrogens with zero attached hydrogens (tertiary/aromatic N) is 8. The van der Waals surface area contributed by atoms with Crippen LogP contribution < -0.4 is 44.2 Å². The Morgan fingerprint density at radius 1 is 0.347 bits per heavy atom. The number of benzene rings is 8. The predicted octanol–water partition coefficient (Wildman–Crippen LogP) is 13.9. The van der Waals surface area contributed by atoms with Crippen LogP contribution in [0.1, 0.15) is 369 Å². The molecule has 0 saturated heterocycles.